The number of likely N-dealkylation sites (tertiary alicyclic amines) is 1. The van der Waals surface area contributed by atoms with Crippen LogP contribution in [0.15, 0.2) is 36.7 Å². The van der Waals surface area contributed by atoms with Gasteiger partial charge in [-0.25, -0.2) is 0 Å². The van der Waals surface area contributed by atoms with Crippen molar-refractivity contribution in [2.75, 3.05) is 25.0 Å². The molecule has 2 aliphatic rings. The minimum absolute atomic E-state index is 0.130. The van der Waals surface area contributed by atoms with Gasteiger partial charge in [-0.05, 0) is 49.9 Å². The van der Waals surface area contributed by atoms with Crippen LogP contribution in [0.4, 0.5) is 5.82 Å². The number of piperidine rings is 1. The van der Waals surface area contributed by atoms with E-state index in [1.54, 1.807) is 12.4 Å². The Labute approximate surface area is 147 Å². The summed E-state index contributed by atoms with van der Waals surface area (Å²) in [6.45, 7) is 1.55. The minimum atomic E-state index is 0.130. The van der Waals surface area contributed by atoms with E-state index in [0.29, 0.717) is 12.0 Å². The van der Waals surface area contributed by atoms with Gasteiger partial charge in [-0.3, -0.25) is 9.78 Å². The zero-order valence-corrected chi connectivity index (χ0v) is 14.5. The maximum Gasteiger partial charge on any atom is 0.253 e. The zero-order valence-electron chi connectivity index (χ0n) is 14.5. The second-order valence-corrected chi connectivity index (χ2v) is 6.96. The topological polar surface area (TPSA) is 62.2 Å². The molecule has 6 nitrogen and oxygen atoms in total. The quantitative estimate of drug-likeness (QED) is 0.858. The fourth-order valence-corrected chi connectivity index (χ4v) is 3.49. The summed E-state index contributed by atoms with van der Waals surface area (Å²) < 4.78 is 0. The SMILES string of the molecule is CN(c1cccnn1)C1CCN(C(=O)c2ccnc(C3CC3)c2)CC1. The second kappa shape index (κ2) is 6.78. The van der Waals surface area contributed by atoms with Crippen LogP contribution in [0.3, 0.4) is 0 Å². The molecule has 0 unspecified atom stereocenters. The van der Waals surface area contributed by atoms with E-state index < -0.39 is 0 Å². The molecule has 0 radical (unpaired) electrons. The molecule has 1 saturated heterocycles. The predicted molar refractivity (Wildman–Crippen MR) is 95.6 cm³/mol. The van der Waals surface area contributed by atoms with Gasteiger partial charge >= 0.3 is 0 Å². The molecule has 0 atom stereocenters. The Morgan fingerprint density at radius 2 is 1.96 bits per heavy atom. The molecule has 25 heavy (non-hydrogen) atoms. The molecule has 0 bridgehead atoms. The summed E-state index contributed by atoms with van der Waals surface area (Å²) in [7, 11) is 2.05. The van der Waals surface area contributed by atoms with E-state index in [4.69, 9.17) is 0 Å². The molecule has 1 amide bonds. The fourth-order valence-electron chi connectivity index (χ4n) is 3.49. The molecular formula is C19H23N5O. The Balaban J connectivity index is 1.38. The van der Waals surface area contributed by atoms with E-state index in [1.807, 2.05) is 29.2 Å². The molecule has 2 fully saturated rings. The normalized spacial score (nSPS) is 18.2. The molecule has 4 rings (SSSR count). The number of anilines is 1. The van der Waals surface area contributed by atoms with E-state index >= 15 is 0 Å². The lowest BCUT2D eigenvalue weighted by Crippen LogP contribution is -2.46. The third kappa shape index (κ3) is 3.48. The van der Waals surface area contributed by atoms with Crippen LogP contribution < -0.4 is 4.90 Å². The number of rotatable bonds is 4. The van der Waals surface area contributed by atoms with Crippen molar-refractivity contribution in [1.82, 2.24) is 20.1 Å². The first-order valence-electron chi connectivity index (χ1n) is 8.98. The van der Waals surface area contributed by atoms with Crippen LogP contribution in [0.1, 0.15) is 47.7 Å². The Morgan fingerprint density at radius 1 is 1.16 bits per heavy atom. The first-order chi connectivity index (χ1) is 12.2. The van der Waals surface area contributed by atoms with Gasteiger partial charge < -0.3 is 9.80 Å². The lowest BCUT2D eigenvalue weighted by Gasteiger charge is -2.37. The average Bonchev–Trinajstić information content (AvgIpc) is 3.53. The largest absolute Gasteiger partial charge is 0.355 e. The summed E-state index contributed by atoms with van der Waals surface area (Å²) >= 11 is 0. The predicted octanol–water partition coefficient (Wildman–Crippen LogP) is 2.49. The average molecular weight is 337 g/mol. The van der Waals surface area contributed by atoms with Gasteiger partial charge in [0.15, 0.2) is 5.82 Å². The first-order valence-corrected chi connectivity index (χ1v) is 8.98. The van der Waals surface area contributed by atoms with Crippen LogP contribution in [0, 0.1) is 0 Å². The third-order valence-corrected chi connectivity index (χ3v) is 5.24. The van der Waals surface area contributed by atoms with E-state index in [0.717, 1.165) is 43.0 Å². The van der Waals surface area contributed by atoms with Crippen molar-refractivity contribution in [2.24, 2.45) is 0 Å². The van der Waals surface area contributed by atoms with Crippen molar-refractivity contribution in [3.63, 3.8) is 0 Å². The van der Waals surface area contributed by atoms with Gasteiger partial charge in [0.25, 0.3) is 5.91 Å². The molecule has 0 N–H and O–H groups in total. The fraction of sp³-hybridized carbons (Fsp3) is 0.474. The summed E-state index contributed by atoms with van der Waals surface area (Å²) in [6, 6.07) is 8.09. The second-order valence-electron chi connectivity index (χ2n) is 6.96. The number of pyridine rings is 1. The monoisotopic (exact) mass is 337 g/mol. The number of hydrogen-bond acceptors (Lipinski definition) is 5. The molecule has 130 valence electrons. The lowest BCUT2D eigenvalue weighted by molar-refractivity contribution is 0.0713. The highest BCUT2D eigenvalue weighted by Crippen LogP contribution is 2.39. The van der Waals surface area contributed by atoms with E-state index in [2.05, 4.69) is 27.1 Å². The number of aromatic nitrogens is 3. The Bertz CT molecular complexity index is 738. The summed E-state index contributed by atoms with van der Waals surface area (Å²) in [5.41, 5.74) is 1.85. The lowest BCUT2D eigenvalue weighted by atomic mass is 10.0. The summed E-state index contributed by atoms with van der Waals surface area (Å²) in [5, 5.41) is 8.12. The molecule has 1 saturated carbocycles. The van der Waals surface area contributed by atoms with Crippen LogP contribution in [0.2, 0.25) is 0 Å². The van der Waals surface area contributed by atoms with Crippen LogP contribution in [-0.2, 0) is 0 Å². The Hall–Kier alpha value is -2.50. The van der Waals surface area contributed by atoms with E-state index in [-0.39, 0.29) is 5.91 Å². The van der Waals surface area contributed by atoms with Gasteiger partial charge in [0.2, 0.25) is 0 Å². The summed E-state index contributed by atoms with van der Waals surface area (Å²) in [6.07, 6.45) is 7.74. The van der Waals surface area contributed by atoms with Gasteiger partial charge in [0.1, 0.15) is 0 Å². The van der Waals surface area contributed by atoms with Crippen LogP contribution in [-0.4, -0.2) is 52.2 Å². The van der Waals surface area contributed by atoms with Gasteiger partial charge in [-0.15, -0.1) is 5.10 Å². The number of amides is 1. The molecule has 1 aliphatic heterocycles. The Morgan fingerprint density at radius 3 is 2.64 bits per heavy atom. The smallest absolute Gasteiger partial charge is 0.253 e. The highest BCUT2D eigenvalue weighted by atomic mass is 16.2. The van der Waals surface area contributed by atoms with E-state index in [9.17, 15) is 4.79 Å². The van der Waals surface area contributed by atoms with Gasteiger partial charge in [-0.2, -0.15) is 5.10 Å². The van der Waals surface area contributed by atoms with Gasteiger partial charge in [0, 0.05) is 55.7 Å². The van der Waals surface area contributed by atoms with Crippen LogP contribution in [0.5, 0.6) is 0 Å². The van der Waals surface area contributed by atoms with Crippen LogP contribution >= 0.6 is 0 Å². The highest BCUT2D eigenvalue weighted by molar-refractivity contribution is 5.94. The van der Waals surface area contributed by atoms with Crippen molar-refractivity contribution < 1.29 is 4.79 Å². The van der Waals surface area contributed by atoms with Crippen molar-refractivity contribution in [1.29, 1.82) is 0 Å². The maximum atomic E-state index is 12.8. The minimum Gasteiger partial charge on any atom is -0.355 e. The van der Waals surface area contributed by atoms with Crippen molar-refractivity contribution in [2.45, 2.75) is 37.6 Å². The molecule has 0 aromatic carbocycles. The molecular weight excluding hydrogens is 314 g/mol. The van der Waals surface area contributed by atoms with Gasteiger partial charge in [-0.1, -0.05) is 0 Å². The first kappa shape index (κ1) is 16.0. The van der Waals surface area contributed by atoms with Crippen molar-refractivity contribution in [3.05, 3.63) is 47.9 Å². The Kier molecular flexibility index (Phi) is 4.34. The zero-order chi connectivity index (χ0) is 17.2. The molecule has 2 aromatic heterocycles. The number of carbonyl (C=O) groups is 1. The number of hydrogen-bond donors (Lipinski definition) is 0. The maximum absolute atomic E-state index is 12.8. The number of carbonyl (C=O) groups excluding carboxylic acids is 1. The van der Waals surface area contributed by atoms with Gasteiger partial charge in [0.05, 0.1) is 0 Å². The summed E-state index contributed by atoms with van der Waals surface area (Å²) in [4.78, 5) is 21.3. The molecule has 2 aromatic rings. The molecule has 0 spiro atoms. The molecule has 6 heteroatoms. The highest BCUT2D eigenvalue weighted by Gasteiger charge is 2.28. The van der Waals surface area contributed by atoms with Crippen molar-refractivity contribution in [3.8, 4) is 0 Å². The molecule has 3 heterocycles. The molecule has 1 aliphatic carbocycles. The number of nitrogens with zero attached hydrogens (tertiary/aromatic N) is 5. The van der Waals surface area contributed by atoms with E-state index in [1.165, 1.54) is 12.8 Å². The third-order valence-electron chi connectivity index (χ3n) is 5.24. The summed E-state index contributed by atoms with van der Waals surface area (Å²) in [5.74, 6) is 1.58. The van der Waals surface area contributed by atoms with Crippen LogP contribution in [0.25, 0.3) is 0 Å². The van der Waals surface area contributed by atoms with Crippen molar-refractivity contribution >= 4 is 11.7 Å². The standard InChI is InChI=1S/C19H23N5O/c1-23(18-3-2-9-21-22-18)16-7-11-24(12-8-16)19(25)15-6-10-20-17(13-15)14-4-5-14/h2-3,6,9-10,13-14,16H,4-5,7-8,11-12H2,1H3.